The molecule has 296 valence electrons. The summed E-state index contributed by atoms with van der Waals surface area (Å²) >= 11 is 1.88. The van der Waals surface area contributed by atoms with Crippen LogP contribution in [-0.2, 0) is 5.41 Å². The van der Waals surface area contributed by atoms with Gasteiger partial charge in [-0.2, -0.15) is 0 Å². The van der Waals surface area contributed by atoms with Crippen molar-refractivity contribution in [1.82, 2.24) is 0 Å². The van der Waals surface area contributed by atoms with Crippen molar-refractivity contribution in [2.45, 2.75) is 5.41 Å². The average Bonchev–Trinajstić information content (AvgIpc) is 3.88. The molecule has 11 aromatic rings. The van der Waals surface area contributed by atoms with Gasteiger partial charge >= 0.3 is 0 Å². The maximum absolute atomic E-state index is 2.49. The van der Waals surface area contributed by atoms with E-state index in [1.54, 1.807) is 0 Å². The first-order chi connectivity index (χ1) is 31.2. The molecule has 0 N–H and O–H groups in total. The van der Waals surface area contributed by atoms with Gasteiger partial charge < -0.3 is 4.90 Å². The molecule has 0 aliphatic heterocycles. The van der Waals surface area contributed by atoms with Crippen molar-refractivity contribution in [2.24, 2.45) is 0 Å². The maximum atomic E-state index is 2.49. The molecule has 0 fully saturated rings. The Bertz CT molecular complexity index is 3400. The standard InChI is InChI=1S/C61H41NS/c1-4-16-42(17-5-1)43-30-34-51(35-31-43)62(50-23-8-3-9-24-50)52-25-15-20-46(39-52)44-18-14-19-45(38-44)47-32-36-59-55(40-47)56-41-49(33-37-60(56)63-59)61(48-21-6-2-7-22-48)57-28-12-10-26-53(57)54-27-11-13-29-58(54)61/h1-41H. The minimum absolute atomic E-state index is 0.431. The van der Waals surface area contributed by atoms with Crippen LogP contribution in [0.2, 0.25) is 0 Å². The van der Waals surface area contributed by atoms with Crippen LogP contribution >= 0.6 is 11.3 Å². The molecule has 0 saturated carbocycles. The zero-order chi connectivity index (χ0) is 41.7. The molecule has 2 heteroatoms. The lowest BCUT2D eigenvalue weighted by Crippen LogP contribution is -2.28. The smallest absolute Gasteiger partial charge is 0.0713 e. The van der Waals surface area contributed by atoms with E-state index < -0.39 is 5.41 Å². The molecule has 0 radical (unpaired) electrons. The SMILES string of the molecule is c1ccc(-c2ccc(N(c3ccccc3)c3cccc(-c4cccc(-c5ccc6sc7ccc(C8(c9ccccc9)c9ccccc9-c9ccccc98)cc7c6c5)c4)c3)cc2)cc1. The fourth-order valence-corrected chi connectivity index (χ4v) is 11.1. The first-order valence-corrected chi connectivity index (χ1v) is 22.5. The van der Waals surface area contributed by atoms with Crippen molar-refractivity contribution in [3.05, 3.63) is 271 Å². The molecular formula is C61H41NS. The number of fused-ring (bicyclic) bond motifs is 6. The number of para-hydroxylation sites is 1. The van der Waals surface area contributed by atoms with E-state index in [1.165, 1.54) is 86.9 Å². The van der Waals surface area contributed by atoms with Crippen molar-refractivity contribution in [3.8, 4) is 44.5 Å². The highest BCUT2D eigenvalue weighted by Crippen LogP contribution is 2.56. The van der Waals surface area contributed by atoms with Crippen LogP contribution in [0.4, 0.5) is 17.1 Å². The quantitative estimate of drug-likeness (QED) is 0.148. The molecule has 0 amide bonds. The van der Waals surface area contributed by atoms with E-state index in [4.69, 9.17) is 0 Å². The minimum Gasteiger partial charge on any atom is -0.310 e. The lowest BCUT2D eigenvalue weighted by atomic mass is 9.67. The zero-order valence-corrected chi connectivity index (χ0v) is 35.3. The summed E-state index contributed by atoms with van der Waals surface area (Å²) in [7, 11) is 0. The number of hydrogen-bond donors (Lipinski definition) is 0. The van der Waals surface area contributed by atoms with Gasteiger partial charge in [0.25, 0.3) is 0 Å². The van der Waals surface area contributed by atoms with Crippen molar-refractivity contribution >= 4 is 48.6 Å². The molecular weight excluding hydrogens is 779 g/mol. The van der Waals surface area contributed by atoms with Crippen molar-refractivity contribution in [3.63, 3.8) is 0 Å². The van der Waals surface area contributed by atoms with Crippen LogP contribution in [0.3, 0.4) is 0 Å². The molecule has 1 nitrogen and oxygen atoms in total. The second-order valence-electron chi connectivity index (χ2n) is 16.4. The molecule has 10 aromatic carbocycles. The van der Waals surface area contributed by atoms with E-state index >= 15 is 0 Å². The molecule has 0 atom stereocenters. The highest BCUT2D eigenvalue weighted by molar-refractivity contribution is 7.25. The summed E-state index contributed by atoms with van der Waals surface area (Å²) in [4.78, 5) is 2.34. The monoisotopic (exact) mass is 819 g/mol. The Labute approximate surface area is 372 Å². The molecule has 1 aliphatic rings. The van der Waals surface area contributed by atoms with Gasteiger partial charge in [0.1, 0.15) is 0 Å². The second kappa shape index (κ2) is 15.3. The van der Waals surface area contributed by atoms with Gasteiger partial charge in [-0.05, 0) is 133 Å². The first kappa shape index (κ1) is 37.0. The normalized spacial score (nSPS) is 12.6. The van der Waals surface area contributed by atoms with Crippen molar-refractivity contribution in [2.75, 3.05) is 4.90 Å². The largest absolute Gasteiger partial charge is 0.310 e. The molecule has 1 aromatic heterocycles. The van der Waals surface area contributed by atoms with Crippen LogP contribution in [0.25, 0.3) is 64.7 Å². The fourth-order valence-electron chi connectivity index (χ4n) is 10.1. The van der Waals surface area contributed by atoms with E-state index in [0.717, 1.165) is 17.1 Å². The average molecular weight is 820 g/mol. The number of benzene rings is 10. The third-order valence-corrected chi connectivity index (χ3v) is 14.1. The molecule has 63 heavy (non-hydrogen) atoms. The highest BCUT2D eigenvalue weighted by atomic mass is 32.1. The Hall–Kier alpha value is -7.78. The lowest BCUT2D eigenvalue weighted by Gasteiger charge is -2.34. The minimum atomic E-state index is -0.431. The Kier molecular flexibility index (Phi) is 8.98. The second-order valence-corrected chi connectivity index (χ2v) is 17.5. The van der Waals surface area contributed by atoms with E-state index in [2.05, 4.69) is 254 Å². The van der Waals surface area contributed by atoms with E-state index in [9.17, 15) is 0 Å². The highest BCUT2D eigenvalue weighted by Gasteiger charge is 2.46. The van der Waals surface area contributed by atoms with Gasteiger partial charge in [-0.1, -0.05) is 182 Å². The Morgan fingerprint density at radius 2 is 0.746 bits per heavy atom. The molecule has 0 unspecified atom stereocenters. The third kappa shape index (κ3) is 6.22. The summed E-state index contributed by atoms with van der Waals surface area (Å²) in [6.45, 7) is 0. The van der Waals surface area contributed by atoms with Gasteiger partial charge in [-0.15, -0.1) is 11.3 Å². The molecule has 1 aliphatic carbocycles. The number of rotatable bonds is 8. The molecule has 1 heterocycles. The van der Waals surface area contributed by atoms with Gasteiger partial charge in [0.2, 0.25) is 0 Å². The van der Waals surface area contributed by atoms with Crippen LogP contribution in [0.1, 0.15) is 22.3 Å². The van der Waals surface area contributed by atoms with Crippen molar-refractivity contribution < 1.29 is 0 Å². The van der Waals surface area contributed by atoms with Crippen LogP contribution in [0, 0.1) is 0 Å². The van der Waals surface area contributed by atoms with Crippen LogP contribution in [0.5, 0.6) is 0 Å². The summed E-state index contributed by atoms with van der Waals surface area (Å²) < 4.78 is 2.60. The number of thiophene rings is 1. The zero-order valence-electron chi connectivity index (χ0n) is 34.5. The van der Waals surface area contributed by atoms with E-state index in [0.29, 0.717) is 0 Å². The van der Waals surface area contributed by atoms with Gasteiger partial charge in [-0.3, -0.25) is 0 Å². The van der Waals surface area contributed by atoms with E-state index in [1.807, 2.05) is 11.3 Å². The maximum Gasteiger partial charge on any atom is 0.0713 e. The number of hydrogen-bond acceptors (Lipinski definition) is 2. The fraction of sp³-hybridized carbons (Fsp3) is 0.0164. The predicted molar refractivity (Wildman–Crippen MR) is 268 cm³/mol. The molecule has 0 spiro atoms. The Morgan fingerprint density at radius 3 is 1.43 bits per heavy atom. The van der Waals surface area contributed by atoms with Crippen molar-refractivity contribution in [1.29, 1.82) is 0 Å². The topological polar surface area (TPSA) is 3.24 Å². The summed E-state index contributed by atoms with van der Waals surface area (Å²) in [6, 6.07) is 91.4. The van der Waals surface area contributed by atoms with Crippen LogP contribution < -0.4 is 4.90 Å². The van der Waals surface area contributed by atoms with Gasteiger partial charge in [0, 0.05) is 37.2 Å². The third-order valence-electron chi connectivity index (χ3n) is 12.9. The number of anilines is 3. The molecule has 12 rings (SSSR count). The summed E-state index contributed by atoms with van der Waals surface area (Å²) in [5.74, 6) is 0. The predicted octanol–water partition coefficient (Wildman–Crippen LogP) is 16.9. The molecule has 0 bridgehead atoms. The van der Waals surface area contributed by atoms with Crippen LogP contribution in [0.15, 0.2) is 249 Å². The van der Waals surface area contributed by atoms with Crippen LogP contribution in [-0.4, -0.2) is 0 Å². The lowest BCUT2D eigenvalue weighted by molar-refractivity contribution is 0.770. The van der Waals surface area contributed by atoms with Gasteiger partial charge in [0.15, 0.2) is 0 Å². The number of nitrogens with zero attached hydrogens (tertiary/aromatic N) is 1. The van der Waals surface area contributed by atoms with E-state index in [-0.39, 0.29) is 0 Å². The Morgan fingerprint density at radius 1 is 0.286 bits per heavy atom. The Balaban J connectivity index is 0.938. The summed E-state index contributed by atoms with van der Waals surface area (Å²) in [6.07, 6.45) is 0. The van der Waals surface area contributed by atoms with Gasteiger partial charge in [-0.25, -0.2) is 0 Å². The molecule has 0 saturated heterocycles. The first-order valence-electron chi connectivity index (χ1n) is 21.7. The summed E-state index contributed by atoms with van der Waals surface area (Å²) in [5, 5.41) is 2.59. The summed E-state index contributed by atoms with van der Waals surface area (Å²) in [5.41, 5.74) is 18.0. The van der Waals surface area contributed by atoms with Gasteiger partial charge in [0.05, 0.1) is 5.41 Å².